The molecule has 19 heavy (non-hydrogen) atoms. The van der Waals surface area contributed by atoms with Crippen LogP contribution in [0.5, 0.6) is 0 Å². The molecular weight excluding hydrogens is 265 g/mol. The Morgan fingerprint density at radius 3 is 2.84 bits per heavy atom. The molecule has 2 rings (SSSR count). The molecule has 1 aromatic heterocycles. The third-order valence-electron chi connectivity index (χ3n) is 2.66. The van der Waals surface area contributed by atoms with E-state index in [1.807, 2.05) is 6.92 Å². The van der Waals surface area contributed by atoms with E-state index in [0.717, 1.165) is 11.1 Å². The van der Waals surface area contributed by atoms with Crippen LogP contribution in [0, 0.1) is 12.7 Å². The number of hydrogen-bond donors (Lipinski definition) is 1. The van der Waals surface area contributed by atoms with E-state index in [-0.39, 0.29) is 11.4 Å². The molecule has 0 radical (unpaired) electrons. The van der Waals surface area contributed by atoms with E-state index in [2.05, 4.69) is 4.98 Å². The number of aryl methyl sites for hydroxylation is 1. The van der Waals surface area contributed by atoms with Crippen molar-refractivity contribution in [1.82, 2.24) is 4.98 Å². The van der Waals surface area contributed by atoms with Gasteiger partial charge in [0.2, 0.25) is 0 Å². The summed E-state index contributed by atoms with van der Waals surface area (Å²) in [6.07, 6.45) is 1.48. The molecule has 0 spiro atoms. The molecule has 98 valence electrons. The molecule has 0 unspecified atom stereocenters. The normalized spacial score (nSPS) is 10.4. The molecule has 0 amide bonds. The number of aromatic nitrogens is 1. The highest BCUT2D eigenvalue weighted by atomic mass is 32.2. The SMILES string of the molecule is Cc1cc(F)ccc1CSc1cc(C(=O)O)ccn1. The number of nitrogens with zero attached hydrogens (tertiary/aromatic N) is 1. The van der Waals surface area contributed by atoms with Gasteiger partial charge in [-0.1, -0.05) is 6.07 Å². The van der Waals surface area contributed by atoms with Gasteiger partial charge in [-0.05, 0) is 42.3 Å². The summed E-state index contributed by atoms with van der Waals surface area (Å²) in [5, 5.41) is 9.53. The van der Waals surface area contributed by atoms with Crippen LogP contribution in [0.25, 0.3) is 0 Å². The molecule has 2 aromatic rings. The first-order valence-corrected chi connectivity index (χ1v) is 6.62. The van der Waals surface area contributed by atoms with E-state index < -0.39 is 5.97 Å². The number of carboxylic acid groups (broad SMARTS) is 1. The zero-order valence-electron chi connectivity index (χ0n) is 10.3. The number of benzene rings is 1. The van der Waals surface area contributed by atoms with Crippen LogP contribution in [0.1, 0.15) is 21.5 Å². The van der Waals surface area contributed by atoms with Crippen molar-refractivity contribution < 1.29 is 14.3 Å². The van der Waals surface area contributed by atoms with Crippen LogP contribution < -0.4 is 0 Å². The molecule has 1 N–H and O–H groups in total. The number of hydrogen-bond acceptors (Lipinski definition) is 3. The van der Waals surface area contributed by atoms with Crippen molar-refractivity contribution in [3.8, 4) is 0 Å². The third-order valence-corrected chi connectivity index (χ3v) is 3.64. The Balaban J connectivity index is 2.10. The van der Waals surface area contributed by atoms with E-state index >= 15 is 0 Å². The minimum absolute atomic E-state index is 0.216. The molecular formula is C14H12FNO2S. The summed E-state index contributed by atoms with van der Waals surface area (Å²) in [6.45, 7) is 1.85. The van der Waals surface area contributed by atoms with Gasteiger partial charge in [0.15, 0.2) is 0 Å². The lowest BCUT2D eigenvalue weighted by Gasteiger charge is -2.05. The van der Waals surface area contributed by atoms with E-state index in [9.17, 15) is 9.18 Å². The highest BCUT2D eigenvalue weighted by molar-refractivity contribution is 7.98. The first-order valence-electron chi connectivity index (χ1n) is 5.63. The lowest BCUT2D eigenvalue weighted by Crippen LogP contribution is -1.97. The lowest BCUT2D eigenvalue weighted by molar-refractivity contribution is 0.0696. The van der Waals surface area contributed by atoms with Gasteiger partial charge in [0.05, 0.1) is 10.6 Å². The van der Waals surface area contributed by atoms with Crippen LogP contribution in [0.3, 0.4) is 0 Å². The summed E-state index contributed by atoms with van der Waals surface area (Å²) in [4.78, 5) is 14.9. The van der Waals surface area contributed by atoms with Crippen LogP contribution in [-0.2, 0) is 5.75 Å². The summed E-state index contributed by atoms with van der Waals surface area (Å²) in [7, 11) is 0. The van der Waals surface area contributed by atoms with E-state index in [1.54, 1.807) is 6.07 Å². The van der Waals surface area contributed by atoms with Crippen LogP contribution in [0.2, 0.25) is 0 Å². The van der Waals surface area contributed by atoms with E-state index in [0.29, 0.717) is 10.8 Å². The Morgan fingerprint density at radius 1 is 1.37 bits per heavy atom. The Bertz CT molecular complexity index is 616. The highest BCUT2D eigenvalue weighted by Crippen LogP contribution is 2.23. The average molecular weight is 277 g/mol. The highest BCUT2D eigenvalue weighted by Gasteiger charge is 2.06. The van der Waals surface area contributed by atoms with E-state index in [4.69, 9.17) is 5.11 Å². The van der Waals surface area contributed by atoms with Gasteiger partial charge in [0.1, 0.15) is 5.82 Å². The molecule has 3 nitrogen and oxygen atoms in total. The fourth-order valence-electron chi connectivity index (χ4n) is 1.59. The van der Waals surface area contributed by atoms with Crippen molar-refractivity contribution >= 4 is 17.7 Å². The minimum Gasteiger partial charge on any atom is -0.478 e. The predicted octanol–water partition coefficient (Wildman–Crippen LogP) is 3.52. The maximum absolute atomic E-state index is 13.0. The smallest absolute Gasteiger partial charge is 0.335 e. The summed E-state index contributed by atoms with van der Waals surface area (Å²) >= 11 is 1.43. The van der Waals surface area contributed by atoms with Crippen molar-refractivity contribution in [2.75, 3.05) is 0 Å². The molecule has 1 heterocycles. The van der Waals surface area contributed by atoms with Gasteiger partial charge in [-0.25, -0.2) is 14.2 Å². The Kier molecular flexibility index (Phi) is 4.16. The number of thioether (sulfide) groups is 1. The fraction of sp³-hybridized carbons (Fsp3) is 0.143. The maximum Gasteiger partial charge on any atom is 0.335 e. The van der Waals surface area contributed by atoms with Gasteiger partial charge >= 0.3 is 5.97 Å². The van der Waals surface area contributed by atoms with Crippen molar-refractivity contribution in [3.63, 3.8) is 0 Å². The molecule has 5 heteroatoms. The van der Waals surface area contributed by atoms with Gasteiger partial charge < -0.3 is 5.11 Å². The second-order valence-corrected chi connectivity index (χ2v) is 5.04. The summed E-state index contributed by atoms with van der Waals surface area (Å²) in [5.74, 6) is -0.596. The Labute approximate surface area is 114 Å². The molecule has 1 aromatic carbocycles. The summed E-state index contributed by atoms with van der Waals surface area (Å²) in [5.41, 5.74) is 2.10. The zero-order valence-corrected chi connectivity index (χ0v) is 11.1. The van der Waals surface area contributed by atoms with Crippen molar-refractivity contribution in [1.29, 1.82) is 0 Å². The molecule has 0 bridgehead atoms. The van der Waals surface area contributed by atoms with Gasteiger partial charge in [0.25, 0.3) is 0 Å². The summed E-state index contributed by atoms with van der Waals surface area (Å²) in [6, 6.07) is 7.63. The van der Waals surface area contributed by atoms with E-state index in [1.165, 1.54) is 42.2 Å². The maximum atomic E-state index is 13.0. The first kappa shape index (κ1) is 13.5. The number of pyridine rings is 1. The molecule has 0 aliphatic rings. The predicted molar refractivity (Wildman–Crippen MR) is 71.9 cm³/mol. The van der Waals surface area contributed by atoms with Crippen LogP contribution in [-0.4, -0.2) is 16.1 Å². The topological polar surface area (TPSA) is 50.2 Å². The minimum atomic E-state index is -0.970. The molecule has 0 atom stereocenters. The molecule has 0 saturated heterocycles. The quantitative estimate of drug-likeness (QED) is 0.869. The lowest BCUT2D eigenvalue weighted by atomic mass is 10.1. The van der Waals surface area contributed by atoms with Gasteiger partial charge in [-0.2, -0.15) is 0 Å². The largest absolute Gasteiger partial charge is 0.478 e. The number of halogens is 1. The second kappa shape index (κ2) is 5.84. The van der Waals surface area contributed by atoms with Crippen molar-refractivity contribution in [2.24, 2.45) is 0 Å². The fourth-order valence-corrected chi connectivity index (χ4v) is 2.57. The van der Waals surface area contributed by atoms with Crippen molar-refractivity contribution in [2.45, 2.75) is 17.7 Å². The number of carbonyl (C=O) groups is 1. The Morgan fingerprint density at radius 2 is 2.16 bits per heavy atom. The molecule has 0 fully saturated rings. The first-order chi connectivity index (χ1) is 9.06. The monoisotopic (exact) mass is 277 g/mol. The number of rotatable bonds is 4. The Hall–Kier alpha value is -1.88. The molecule has 0 aliphatic carbocycles. The second-order valence-electron chi connectivity index (χ2n) is 4.05. The molecule has 0 aliphatic heterocycles. The van der Waals surface area contributed by atoms with Crippen LogP contribution >= 0.6 is 11.8 Å². The standard InChI is InChI=1S/C14H12FNO2S/c1-9-6-12(15)3-2-11(9)8-19-13-7-10(14(17)18)4-5-16-13/h2-7H,8H2,1H3,(H,17,18). The molecule has 0 saturated carbocycles. The van der Waals surface area contributed by atoms with Crippen molar-refractivity contribution in [3.05, 3.63) is 59.0 Å². The van der Waals surface area contributed by atoms with Crippen LogP contribution in [0.4, 0.5) is 4.39 Å². The zero-order chi connectivity index (χ0) is 13.8. The number of aromatic carboxylic acids is 1. The van der Waals surface area contributed by atoms with Gasteiger partial charge in [-0.15, -0.1) is 11.8 Å². The van der Waals surface area contributed by atoms with Gasteiger partial charge in [0, 0.05) is 11.9 Å². The third kappa shape index (κ3) is 3.54. The average Bonchev–Trinajstić information content (AvgIpc) is 2.38. The van der Waals surface area contributed by atoms with Crippen LogP contribution in [0.15, 0.2) is 41.6 Å². The number of carboxylic acids is 1. The van der Waals surface area contributed by atoms with Gasteiger partial charge in [-0.3, -0.25) is 0 Å². The summed E-state index contributed by atoms with van der Waals surface area (Å²) < 4.78 is 13.0.